The van der Waals surface area contributed by atoms with Gasteiger partial charge in [0.2, 0.25) is 0 Å². The van der Waals surface area contributed by atoms with Crippen LogP contribution in [0, 0.1) is 5.92 Å². The van der Waals surface area contributed by atoms with Gasteiger partial charge in [-0.1, -0.05) is 6.08 Å². The number of pyridine rings is 1. The predicted octanol–water partition coefficient (Wildman–Crippen LogP) is 3.86. The van der Waals surface area contributed by atoms with Crippen molar-refractivity contribution in [1.82, 2.24) is 14.9 Å². The Morgan fingerprint density at radius 1 is 1.29 bits per heavy atom. The summed E-state index contributed by atoms with van der Waals surface area (Å²) in [5, 5.41) is 0. The number of fused-ring (bicyclic) bond motifs is 1. The predicted molar refractivity (Wildman–Crippen MR) is 97.9 cm³/mol. The lowest BCUT2D eigenvalue weighted by Gasteiger charge is -2.37. The summed E-state index contributed by atoms with van der Waals surface area (Å²) in [5.74, 6) is 0.768. The Labute approximate surface area is 143 Å². The SMILES string of the molecule is C[C@@H]1CN(CC2CC=C(c3c[nH]c4cccnc34)CC2)C[C@H](C)O1. The number of morpholine rings is 1. The second-order valence-corrected chi connectivity index (χ2v) is 7.45. The first-order valence-electron chi connectivity index (χ1n) is 9.18. The molecule has 24 heavy (non-hydrogen) atoms. The summed E-state index contributed by atoms with van der Waals surface area (Å²) in [5.41, 5.74) is 4.99. The second-order valence-electron chi connectivity index (χ2n) is 7.45. The average Bonchev–Trinajstić information content (AvgIpc) is 2.99. The molecule has 0 radical (unpaired) electrons. The molecule has 0 spiro atoms. The van der Waals surface area contributed by atoms with Gasteiger partial charge in [-0.3, -0.25) is 9.88 Å². The smallest absolute Gasteiger partial charge is 0.0953 e. The molecule has 2 aliphatic rings. The van der Waals surface area contributed by atoms with Gasteiger partial charge in [-0.15, -0.1) is 0 Å². The lowest BCUT2D eigenvalue weighted by atomic mass is 9.86. The molecule has 1 unspecified atom stereocenters. The standard InChI is InChI=1S/C20H27N3O/c1-14-11-23(12-15(2)24-14)13-16-5-7-17(8-6-16)18-10-22-19-4-3-9-21-20(18)19/h3-4,7,9-10,14-16,22H,5-6,8,11-13H2,1-2H3/t14-,15+,16?. The third kappa shape index (κ3) is 3.26. The fourth-order valence-electron chi connectivity index (χ4n) is 4.30. The number of aromatic nitrogens is 2. The quantitative estimate of drug-likeness (QED) is 0.932. The number of aromatic amines is 1. The van der Waals surface area contributed by atoms with E-state index in [1.807, 2.05) is 12.3 Å². The molecule has 1 aliphatic carbocycles. The number of hydrogen-bond donors (Lipinski definition) is 1. The summed E-state index contributed by atoms with van der Waals surface area (Å²) in [4.78, 5) is 10.5. The number of allylic oxidation sites excluding steroid dienone is 2. The molecule has 0 amide bonds. The van der Waals surface area contributed by atoms with Crippen molar-refractivity contribution < 1.29 is 4.74 Å². The fourth-order valence-corrected chi connectivity index (χ4v) is 4.30. The molecule has 1 N–H and O–H groups in total. The third-order valence-corrected chi connectivity index (χ3v) is 5.31. The second kappa shape index (κ2) is 6.69. The van der Waals surface area contributed by atoms with Crippen LogP contribution in [-0.4, -0.2) is 46.7 Å². The zero-order valence-corrected chi connectivity index (χ0v) is 14.7. The molecule has 0 bridgehead atoms. The molecule has 3 atom stereocenters. The number of ether oxygens (including phenoxy) is 1. The normalized spacial score (nSPS) is 28.9. The van der Waals surface area contributed by atoms with E-state index in [0.717, 1.165) is 36.5 Å². The lowest BCUT2D eigenvalue weighted by Crippen LogP contribution is -2.47. The molecule has 0 aromatic carbocycles. The van der Waals surface area contributed by atoms with E-state index in [9.17, 15) is 0 Å². The Morgan fingerprint density at radius 2 is 2.12 bits per heavy atom. The minimum absolute atomic E-state index is 0.362. The van der Waals surface area contributed by atoms with Crippen molar-refractivity contribution in [3.8, 4) is 0 Å². The third-order valence-electron chi connectivity index (χ3n) is 5.31. The monoisotopic (exact) mass is 325 g/mol. The van der Waals surface area contributed by atoms with Gasteiger partial charge in [0, 0.05) is 37.6 Å². The highest BCUT2D eigenvalue weighted by atomic mass is 16.5. The first-order valence-corrected chi connectivity index (χ1v) is 9.18. The Bertz CT molecular complexity index is 725. The van der Waals surface area contributed by atoms with E-state index in [1.54, 1.807) is 0 Å². The summed E-state index contributed by atoms with van der Waals surface area (Å²) in [6, 6.07) is 4.08. The van der Waals surface area contributed by atoms with Gasteiger partial charge < -0.3 is 9.72 Å². The van der Waals surface area contributed by atoms with Crippen LogP contribution in [-0.2, 0) is 4.74 Å². The van der Waals surface area contributed by atoms with Crippen LogP contribution < -0.4 is 0 Å². The van der Waals surface area contributed by atoms with Crippen molar-refractivity contribution in [3.63, 3.8) is 0 Å². The van der Waals surface area contributed by atoms with E-state index < -0.39 is 0 Å². The molecule has 3 heterocycles. The van der Waals surface area contributed by atoms with Gasteiger partial charge in [0.05, 0.1) is 23.2 Å². The van der Waals surface area contributed by atoms with E-state index in [1.165, 1.54) is 30.5 Å². The fraction of sp³-hybridized carbons (Fsp3) is 0.550. The molecule has 1 saturated heterocycles. The van der Waals surface area contributed by atoms with Crippen LogP contribution in [0.1, 0.15) is 38.7 Å². The maximum atomic E-state index is 5.85. The number of nitrogens with one attached hydrogen (secondary N) is 1. The van der Waals surface area contributed by atoms with Gasteiger partial charge in [-0.2, -0.15) is 0 Å². The molecule has 4 nitrogen and oxygen atoms in total. The molecule has 1 aliphatic heterocycles. The molecule has 128 valence electrons. The van der Waals surface area contributed by atoms with E-state index in [4.69, 9.17) is 4.74 Å². The molecule has 2 aromatic rings. The van der Waals surface area contributed by atoms with Gasteiger partial charge >= 0.3 is 0 Å². The minimum atomic E-state index is 0.362. The van der Waals surface area contributed by atoms with Crippen molar-refractivity contribution in [3.05, 3.63) is 36.2 Å². The van der Waals surface area contributed by atoms with Crippen molar-refractivity contribution in [2.75, 3.05) is 19.6 Å². The largest absolute Gasteiger partial charge is 0.373 e. The highest BCUT2D eigenvalue weighted by Crippen LogP contribution is 2.33. The molecule has 0 saturated carbocycles. The Balaban J connectivity index is 1.42. The number of H-pyrrole nitrogens is 1. The number of rotatable bonds is 3. The Morgan fingerprint density at radius 3 is 2.88 bits per heavy atom. The Kier molecular flexibility index (Phi) is 4.42. The van der Waals surface area contributed by atoms with Crippen molar-refractivity contribution >= 4 is 16.6 Å². The Hall–Kier alpha value is -1.65. The van der Waals surface area contributed by atoms with E-state index in [2.05, 4.69) is 47.1 Å². The minimum Gasteiger partial charge on any atom is -0.373 e. The van der Waals surface area contributed by atoms with Gasteiger partial charge in [0.15, 0.2) is 0 Å². The maximum Gasteiger partial charge on any atom is 0.0953 e. The lowest BCUT2D eigenvalue weighted by molar-refractivity contribution is -0.0716. The zero-order chi connectivity index (χ0) is 16.5. The van der Waals surface area contributed by atoms with Crippen LogP contribution in [0.3, 0.4) is 0 Å². The van der Waals surface area contributed by atoms with E-state index in [-0.39, 0.29) is 0 Å². The number of hydrogen-bond acceptors (Lipinski definition) is 3. The van der Waals surface area contributed by atoms with Crippen molar-refractivity contribution in [2.24, 2.45) is 5.92 Å². The summed E-state index contributed by atoms with van der Waals surface area (Å²) in [7, 11) is 0. The zero-order valence-electron chi connectivity index (χ0n) is 14.7. The first-order chi connectivity index (χ1) is 11.7. The molecular formula is C20H27N3O. The van der Waals surface area contributed by atoms with Crippen LogP contribution >= 0.6 is 0 Å². The topological polar surface area (TPSA) is 41.2 Å². The average molecular weight is 325 g/mol. The molecule has 4 heteroatoms. The summed E-state index contributed by atoms with van der Waals surface area (Å²) >= 11 is 0. The summed E-state index contributed by atoms with van der Waals surface area (Å²) in [6.45, 7) is 7.72. The number of nitrogens with zero attached hydrogens (tertiary/aromatic N) is 2. The van der Waals surface area contributed by atoms with Crippen LogP contribution in [0.5, 0.6) is 0 Å². The van der Waals surface area contributed by atoms with Gasteiger partial charge in [0.1, 0.15) is 0 Å². The molecule has 4 rings (SSSR count). The van der Waals surface area contributed by atoms with Crippen LogP contribution in [0.2, 0.25) is 0 Å². The van der Waals surface area contributed by atoms with Gasteiger partial charge in [-0.05, 0) is 56.7 Å². The maximum absolute atomic E-state index is 5.85. The van der Waals surface area contributed by atoms with Crippen molar-refractivity contribution in [2.45, 2.75) is 45.3 Å². The highest BCUT2D eigenvalue weighted by Gasteiger charge is 2.25. The summed E-state index contributed by atoms with van der Waals surface area (Å²) < 4.78 is 5.85. The van der Waals surface area contributed by atoms with Crippen molar-refractivity contribution in [1.29, 1.82) is 0 Å². The van der Waals surface area contributed by atoms with E-state index >= 15 is 0 Å². The molecular weight excluding hydrogens is 298 g/mol. The first kappa shape index (κ1) is 15.9. The van der Waals surface area contributed by atoms with Gasteiger partial charge in [-0.25, -0.2) is 0 Å². The van der Waals surface area contributed by atoms with E-state index in [0.29, 0.717) is 12.2 Å². The van der Waals surface area contributed by atoms with Crippen LogP contribution in [0.25, 0.3) is 16.6 Å². The van der Waals surface area contributed by atoms with Crippen LogP contribution in [0.15, 0.2) is 30.6 Å². The molecule has 1 fully saturated rings. The van der Waals surface area contributed by atoms with Crippen LogP contribution in [0.4, 0.5) is 0 Å². The molecule has 2 aromatic heterocycles. The van der Waals surface area contributed by atoms with Gasteiger partial charge in [0.25, 0.3) is 0 Å². The summed E-state index contributed by atoms with van der Waals surface area (Å²) in [6.07, 6.45) is 10.8. The highest BCUT2D eigenvalue weighted by molar-refractivity contribution is 5.89.